The van der Waals surface area contributed by atoms with Crippen LogP contribution in [0, 0.1) is 0 Å². The molecule has 88 valence electrons. The zero-order valence-electron chi connectivity index (χ0n) is 9.12. The zero-order valence-corrected chi connectivity index (χ0v) is 9.88. The Labute approximate surface area is 103 Å². The summed E-state index contributed by atoms with van der Waals surface area (Å²) in [7, 11) is 0. The van der Waals surface area contributed by atoms with Crippen LogP contribution >= 0.6 is 11.6 Å². The number of amides is 1. The van der Waals surface area contributed by atoms with Crippen molar-refractivity contribution in [2.45, 2.75) is 6.92 Å². The second kappa shape index (κ2) is 4.59. The molecule has 0 aliphatic carbocycles. The Kier molecular flexibility index (Phi) is 3.15. The lowest BCUT2D eigenvalue weighted by Crippen LogP contribution is -2.07. The van der Waals surface area contributed by atoms with E-state index in [1.165, 1.54) is 6.08 Å². The van der Waals surface area contributed by atoms with Gasteiger partial charge in [-0.15, -0.1) is 0 Å². The van der Waals surface area contributed by atoms with Crippen molar-refractivity contribution >= 4 is 34.7 Å². The smallest absolute Gasteiger partial charge is 0.331 e. The SMILES string of the molecule is CCOC(=O)/C=C1/C(=O)Nc2ccc(Cl)cc21. The molecule has 1 aromatic carbocycles. The van der Waals surface area contributed by atoms with E-state index in [1.54, 1.807) is 25.1 Å². The molecular weight excluding hydrogens is 242 g/mol. The highest BCUT2D eigenvalue weighted by Crippen LogP contribution is 2.33. The minimum Gasteiger partial charge on any atom is -0.463 e. The van der Waals surface area contributed by atoms with Gasteiger partial charge in [-0.25, -0.2) is 4.79 Å². The minimum atomic E-state index is -0.537. The molecule has 0 unspecified atom stereocenters. The number of carbonyl (C=O) groups excluding carboxylic acids is 2. The van der Waals surface area contributed by atoms with Crippen LogP contribution in [0.1, 0.15) is 12.5 Å². The van der Waals surface area contributed by atoms with Crippen molar-refractivity contribution in [3.8, 4) is 0 Å². The van der Waals surface area contributed by atoms with E-state index in [4.69, 9.17) is 16.3 Å². The van der Waals surface area contributed by atoms with E-state index in [9.17, 15) is 9.59 Å². The van der Waals surface area contributed by atoms with Crippen molar-refractivity contribution in [1.82, 2.24) is 0 Å². The van der Waals surface area contributed by atoms with Crippen molar-refractivity contribution in [3.05, 3.63) is 34.9 Å². The first-order chi connectivity index (χ1) is 8.11. The van der Waals surface area contributed by atoms with Crippen molar-refractivity contribution < 1.29 is 14.3 Å². The average Bonchev–Trinajstić information content (AvgIpc) is 2.56. The largest absolute Gasteiger partial charge is 0.463 e. The molecule has 5 heteroatoms. The van der Waals surface area contributed by atoms with Crippen molar-refractivity contribution in [2.75, 3.05) is 11.9 Å². The van der Waals surface area contributed by atoms with Gasteiger partial charge in [-0.3, -0.25) is 4.79 Å². The maximum Gasteiger partial charge on any atom is 0.331 e. The number of benzene rings is 1. The molecule has 2 rings (SSSR count). The van der Waals surface area contributed by atoms with Crippen LogP contribution in [0.3, 0.4) is 0 Å². The van der Waals surface area contributed by atoms with E-state index in [-0.39, 0.29) is 18.1 Å². The standard InChI is InChI=1S/C12H10ClNO3/c1-2-17-11(15)6-9-8-5-7(13)3-4-10(8)14-12(9)16/h3-6H,2H2,1H3,(H,14,16)/b9-6+. The fourth-order valence-corrected chi connectivity index (χ4v) is 1.78. The number of hydrogen-bond donors (Lipinski definition) is 1. The lowest BCUT2D eigenvalue weighted by molar-refractivity contribution is -0.137. The van der Waals surface area contributed by atoms with E-state index in [2.05, 4.69) is 5.32 Å². The lowest BCUT2D eigenvalue weighted by atomic mass is 10.1. The van der Waals surface area contributed by atoms with Gasteiger partial charge in [-0.1, -0.05) is 11.6 Å². The number of nitrogens with one attached hydrogen (secondary N) is 1. The Bertz CT molecular complexity index is 522. The van der Waals surface area contributed by atoms with Gasteiger partial charge in [0.25, 0.3) is 5.91 Å². The second-order valence-corrected chi connectivity index (χ2v) is 3.89. The molecule has 17 heavy (non-hydrogen) atoms. The van der Waals surface area contributed by atoms with Gasteiger partial charge >= 0.3 is 5.97 Å². The first-order valence-corrected chi connectivity index (χ1v) is 5.49. The number of esters is 1. The number of rotatable bonds is 2. The van der Waals surface area contributed by atoms with Gasteiger partial charge in [0, 0.05) is 22.3 Å². The summed E-state index contributed by atoms with van der Waals surface area (Å²) in [6, 6.07) is 5.01. The van der Waals surface area contributed by atoms with Crippen LogP contribution in [0.15, 0.2) is 24.3 Å². The van der Waals surface area contributed by atoms with Crippen LogP contribution in [0.2, 0.25) is 5.02 Å². The Morgan fingerprint density at radius 2 is 2.29 bits per heavy atom. The molecule has 0 saturated heterocycles. The van der Waals surface area contributed by atoms with Crippen LogP contribution in [-0.2, 0) is 14.3 Å². The highest BCUT2D eigenvalue weighted by molar-refractivity contribution is 6.35. The molecule has 0 aromatic heterocycles. The number of ether oxygens (including phenoxy) is 1. The van der Waals surface area contributed by atoms with E-state index >= 15 is 0 Å². The highest BCUT2D eigenvalue weighted by atomic mass is 35.5. The van der Waals surface area contributed by atoms with Crippen molar-refractivity contribution in [1.29, 1.82) is 0 Å². The number of fused-ring (bicyclic) bond motifs is 1. The van der Waals surface area contributed by atoms with Gasteiger partial charge in [-0.05, 0) is 25.1 Å². The van der Waals surface area contributed by atoms with Gasteiger partial charge in [0.1, 0.15) is 0 Å². The second-order valence-electron chi connectivity index (χ2n) is 3.45. The van der Waals surface area contributed by atoms with Gasteiger partial charge in [0.05, 0.1) is 12.2 Å². The van der Waals surface area contributed by atoms with Crippen LogP contribution in [0.25, 0.3) is 5.57 Å². The molecule has 1 amide bonds. The summed E-state index contributed by atoms with van der Waals surface area (Å²) in [4.78, 5) is 23.0. The normalized spacial score (nSPS) is 15.6. The summed E-state index contributed by atoms with van der Waals surface area (Å²) in [5.74, 6) is -0.860. The van der Waals surface area contributed by atoms with E-state index in [1.807, 2.05) is 0 Å². The topological polar surface area (TPSA) is 55.4 Å². The third-order valence-corrected chi connectivity index (χ3v) is 2.55. The first-order valence-electron chi connectivity index (χ1n) is 5.11. The zero-order chi connectivity index (χ0) is 12.4. The maximum atomic E-state index is 11.7. The molecule has 0 saturated carbocycles. The van der Waals surface area contributed by atoms with E-state index in [0.29, 0.717) is 16.3 Å². The predicted molar refractivity (Wildman–Crippen MR) is 64.7 cm³/mol. The average molecular weight is 252 g/mol. The fourth-order valence-electron chi connectivity index (χ4n) is 1.61. The molecule has 4 nitrogen and oxygen atoms in total. The molecule has 1 aromatic rings. The van der Waals surface area contributed by atoms with Gasteiger partial charge < -0.3 is 10.1 Å². The number of anilines is 1. The van der Waals surface area contributed by atoms with E-state index < -0.39 is 5.97 Å². The van der Waals surface area contributed by atoms with E-state index in [0.717, 1.165) is 0 Å². The van der Waals surface area contributed by atoms with Gasteiger partial charge in [0.15, 0.2) is 0 Å². The maximum absolute atomic E-state index is 11.7. The molecule has 0 spiro atoms. The molecule has 0 bridgehead atoms. The van der Waals surface area contributed by atoms with Crippen molar-refractivity contribution in [3.63, 3.8) is 0 Å². The van der Waals surface area contributed by atoms with Crippen LogP contribution in [0.4, 0.5) is 5.69 Å². The molecule has 1 aliphatic heterocycles. The Morgan fingerprint density at radius 3 is 3.00 bits per heavy atom. The van der Waals surface area contributed by atoms with Gasteiger partial charge in [0.2, 0.25) is 0 Å². The highest BCUT2D eigenvalue weighted by Gasteiger charge is 2.25. The number of carbonyl (C=O) groups is 2. The molecule has 1 heterocycles. The quantitative estimate of drug-likeness (QED) is 0.648. The summed E-state index contributed by atoms with van der Waals surface area (Å²) in [6.07, 6.45) is 1.18. The molecular formula is C12H10ClNO3. The third kappa shape index (κ3) is 2.31. The molecule has 1 N–H and O–H groups in total. The minimum absolute atomic E-state index is 0.270. The Hall–Kier alpha value is -1.81. The van der Waals surface area contributed by atoms with Crippen LogP contribution in [-0.4, -0.2) is 18.5 Å². The summed E-state index contributed by atoms with van der Waals surface area (Å²) >= 11 is 5.85. The summed E-state index contributed by atoms with van der Waals surface area (Å²) < 4.78 is 4.77. The van der Waals surface area contributed by atoms with Crippen LogP contribution < -0.4 is 5.32 Å². The monoisotopic (exact) mass is 251 g/mol. The summed E-state index contributed by atoms with van der Waals surface area (Å²) in [5.41, 5.74) is 1.55. The lowest BCUT2D eigenvalue weighted by Gasteiger charge is -1.99. The fraction of sp³-hybridized carbons (Fsp3) is 0.167. The predicted octanol–water partition coefficient (Wildman–Crippen LogP) is 2.24. The first kappa shape index (κ1) is 11.7. The molecule has 0 fully saturated rings. The molecule has 1 aliphatic rings. The third-order valence-electron chi connectivity index (χ3n) is 2.31. The number of halogens is 1. The summed E-state index contributed by atoms with van der Waals surface area (Å²) in [5, 5.41) is 3.16. The number of hydrogen-bond acceptors (Lipinski definition) is 3. The molecule has 0 atom stereocenters. The Morgan fingerprint density at radius 1 is 1.53 bits per heavy atom. The molecule has 0 radical (unpaired) electrons. The van der Waals surface area contributed by atoms with Crippen molar-refractivity contribution in [2.24, 2.45) is 0 Å². The Balaban J connectivity index is 2.40. The van der Waals surface area contributed by atoms with Gasteiger partial charge in [-0.2, -0.15) is 0 Å². The summed E-state index contributed by atoms with van der Waals surface area (Å²) in [6.45, 7) is 1.97. The van der Waals surface area contributed by atoms with Crippen LogP contribution in [0.5, 0.6) is 0 Å².